The molecule has 0 fully saturated rings. The van der Waals surface area contributed by atoms with Crippen LogP contribution in [0.15, 0.2) is 59.1 Å². The zero-order valence-electron chi connectivity index (χ0n) is 19.7. The lowest BCUT2D eigenvalue weighted by Gasteiger charge is -2.29. The Hall–Kier alpha value is -3.13. The van der Waals surface area contributed by atoms with E-state index in [9.17, 15) is 0 Å². The van der Waals surface area contributed by atoms with Crippen molar-refractivity contribution in [3.8, 4) is 11.3 Å². The average molecular weight is 420 g/mol. The summed E-state index contributed by atoms with van der Waals surface area (Å²) in [5.41, 5.74) is 9.31. The molecule has 0 atom stereocenters. The molecule has 0 saturated carbocycles. The first-order chi connectivity index (χ1) is 15.3. The van der Waals surface area contributed by atoms with Gasteiger partial charge in [0.15, 0.2) is 0 Å². The highest BCUT2D eigenvalue weighted by atomic mass is 16.3. The van der Waals surface area contributed by atoms with E-state index in [4.69, 9.17) is 9.40 Å². The smallest absolute Gasteiger partial charge is 0.139 e. The zero-order valence-corrected chi connectivity index (χ0v) is 19.7. The third-order valence-electron chi connectivity index (χ3n) is 7.43. The third kappa shape index (κ3) is 2.38. The van der Waals surface area contributed by atoms with Crippen molar-refractivity contribution < 1.29 is 4.42 Å². The van der Waals surface area contributed by atoms with Crippen LogP contribution in [0.4, 0.5) is 0 Å². The van der Waals surface area contributed by atoms with Gasteiger partial charge >= 0.3 is 0 Å². The highest BCUT2D eigenvalue weighted by Crippen LogP contribution is 2.52. The Bertz CT molecular complexity index is 1550. The number of aromatic nitrogens is 1. The van der Waals surface area contributed by atoms with Crippen LogP contribution in [0, 0.1) is 0 Å². The van der Waals surface area contributed by atoms with Gasteiger partial charge in [0.05, 0.1) is 5.69 Å². The maximum absolute atomic E-state index is 6.76. The van der Waals surface area contributed by atoms with E-state index in [-0.39, 0.29) is 5.41 Å². The Balaban J connectivity index is 1.91. The average Bonchev–Trinajstić information content (AvgIpc) is 3.13. The van der Waals surface area contributed by atoms with Gasteiger partial charge in [0.2, 0.25) is 0 Å². The van der Waals surface area contributed by atoms with Gasteiger partial charge in [-0.15, -0.1) is 0 Å². The normalized spacial score (nSPS) is 14.8. The lowest BCUT2D eigenvalue weighted by Crippen LogP contribution is -2.21. The van der Waals surface area contributed by atoms with Crippen molar-refractivity contribution in [1.82, 2.24) is 4.98 Å². The van der Waals surface area contributed by atoms with Crippen molar-refractivity contribution in [1.29, 1.82) is 0 Å². The second-order valence-corrected chi connectivity index (χ2v) is 10.4. The molecule has 2 aromatic heterocycles. The number of benzene rings is 3. The van der Waals surface area contributed by atoms with Crippen molar-refractivity contribution in [3.63, 3.8) is 0 Å². The van der Waals surface area contributed by atoms with Crippen LogP contribution in [0.2, 0.25) is 0 Å². The minimum atomic E-state index is -0.217. The molecular formula is C30H29NO. The highest BCUT2D eigenvalue weighted by Gasteiger charge is 2.37. The maximum Gasteiger partial charge on any atom is 0.139 e. The molecule has 2 nitrogen and oxygen atoms in total. The first-order valence-corrected chi connectivity index (χ1v) is 11.7. The molecule has 0 aliphatic heterocycles. The fourth-order valence-corrected chi connectivity index (χ4v) is 5.78. The summed E-state index contributed by atoms with van der Waals surface area (Å²) >= 11 is 0. The third-order valence-corrected chi connectivity index (χ3v) is 7.43. The van der Waals surface area contributed by atoms with Crippen molar-refractivity contribution in [3.05, 3.63) is 77.0 Å². The van der Waals surface area contributed by atoms with Crippen LogP contribution in [0.1, 0.15) is 75.6 Å². The van der Waals surface area contributed by atoms with E-state index in [2.05, 4.69) is 90.1 Å². The molecule has 1 aliphatic rings. The molecule has 160 valence electrons. The number of fused-ring (bicyclic) bond motifs is 4. The van der Waals surface area contributed by atoms with Crippen LogP contribution in [-0.4, -0.2) is 4.98 Å². The summed E-state index contributed by atoms with van der Waals surface area (Å²) in [4.78, 5) is 5.07. The van der Waals surface area contributed by atoms with E-state index in [1.807, 2.05) is 6.20 Å². The summed E-state index contributed by atoms with van der Waals surface area (Å²) in [5.74, 6) is 0.777. The second-order valence-electron chi connectivity index (χ2n) is 10.4. The van der Waals surface area contributed by atoms with Gasteiger partial charge < -0.3 is 4.42 Å². The first kappa shape index (κ1) is 19.5. The zero-order chi connectivity index (χ0) is 22.4. The van der Waals surface area contributed by atoms with Gasteiger partial charge in [-0.3, -0.25) is 4.98 Å². The van der Waals surface area contributed by atoms with E-state index in [0.717, 1.165) is 16.9 Å². The predicted molar refractivity (Wildman–Crippen MR) is 135 cm³/mol. The lowest BCUT2D eigenvalue weighted by atomic mass is 9.74. The molecule has 0 amide bonds. The van der Waals surface area contributed by atoms with Gasteiger partial charge in [0.1, 0.15) is 11.2 Å². The molecule has 2 heteroatoms. The summed E-state index contributed by atoms with van der Waals surface area (Å²) in [5, 5.41) is 4.98. The lowest BCUT2D eigenvalue weighted by molar-refractivity contribution is 0.635. The maximum atomic E-state index is 6.76. The molecule has 2 heterocycles. The predicted octanol–water partition coefficient (Wildman–Crippen LogP) is 8.69. The fourth-order valence-electron chi connectivity index (χ4n) is 5.78. The number of furan rings is 1. The van der Waals surface area contributed by atoms with Crippen molar-refractivity contribution in [2.24, 2.45) is 0 Å². The molecule has 5 aromatic rings. The Labute approximate surface area is 189 Å². The Morgan fingerprint density at radius 2 is 1.44 bits per heavy atom. The van der Waals surface area contributed by atoms with E-state index < -0.39 is 0 Å². The first-order valence-electron chi connectivity index (χ1n) is 11.7. The SMILES string of the molecule is CC(C)c1ccc2c3c1oc1c(C(C)C)ccc(c13)C(C)(C)c1c-2ncc2ccccc12. The fraction of sp³-hybridized carbons (Fsp3) is 0.300. The molecule has 0 unspecified atom stereocenters. The number of pyridine rings is 1. The van der Waals surface area contributed by atoms with Crippen LogP contribution >= 0.6 is 0 Å². The van der Waals surface area contributed by atoms with Crippen LogP contribution in [0.25, 0.3) is 44.0 Å². The molecule has 3 aromatic carbocycles. The van der Waals surface area contributed by atoms with Gasteiger partial charge in [-0.1, -0.05) is 90.1 Å². The van der Waals surface area contributed by atoms with Crippen LogP contribution in [0.5, 0.6) is 0 Å². The minimum absolute atomic E-state index is 0.217. The Morgan fingerprint density at radius 3 is 2.16 bits per heavy atom. The Morgan fingerprint density at radius 1 is 0.781 bits per heavy atom. The molecule has 0 bridgehead atoms. The van der Waals surface area contributed by atoms with Gasteiger partial charge in [0.25, 0.3) is 0 Å². The molecule has 1 aliphatic carbocycles. The largest absolute Gasteiger partial charge is 0.455 e. The summed E-state index contributed by atoms with van der Waals surface area (Å²) in [6.07, 6.45) is 2.03. The molecule has 0 saturated heterocycles. The van der Waals surface area contributed by atoms with Gasteiger partial charge in [-0.25, -0.2) is 0 Å². The van der Waals surface area contributed by atoms with Crippen molar-refractivity contribution >= 4 is 32.7 Å². The molecule has 0 N–H and O–H groups in total. The van der Waals surface area contributed by atoms with E-state index in [0.29, 0.717) is 11.8 Å². The molecule has 0 radical (unpaired) electrons. The quantitative estimate of drug-likeness (QED) is 0.286. The summed E-state index contributed by atoms with van der Waals surface area (Å²) in [6, 6.07) is 17.8. The highest BCUT2D eigenvalue weighted by molar-refractivity contribution is 6.17. The van der Waals surface area contributed by atoms with Crippen molar-refractivity contribution in [2.45, 2.75) is 58.8 Å². The summed E-state index contributed by atoms with van der Waals surface area (Å²) < 4.78 is 6.76. The minimum Gasteiger partial charge on any atom is -0.455 e. The number of rotatable bonds is 2. The van der Waals surface area contributed by atoms with Gasteiger partial charge in [0, 0.05) is 33.3 Å². The summed E-state index contributed by atoms with van der Waals surface area (Å²) in [7, 11) is 0. The molecule has 0 spiro atoms. The molecular weight excluding hydrogens is 390 g/mol. The van der Waals surface area contributed by atoms with Crippen molar-refractivity contribution in [2.75, 3.05) is 0 Å². The summed E-state index contributed by atoms with van der Waals surface area (Å²) in [6.45, 7) is 13.7. The topological polar surface area (TPSA) is 26.0 Å². The number of hydrogen-bond acceptors (Lipinski definition) is 2. The Kier molecular flexibility index (Phi) is 3.94. The number of hydrogen-bond donors (Lipinski definition) is 0. The van der Waals surface area contributed by atoms with Gasteiger partial charge in [-0.05, 0) is 39.5 Å². The van der Waals surface area contributed by atoms with Gasteiger partial charge in [-0.2, -0.15) is 0 Å². The monoisotopic (exact) mass is 419 g/mol. The standard InChI is InChI=1S/C30H29NO/c1-16(2)19-11-12-22-24-25-23(14-13-20(17(3)4)29(25)32-28(19)24)30(5,6)26-21-10-8-7-9-18(21)15-31-27(22)26/h7-17H,1-6H3. The van der Waals surface area contributed by atoms with Crippen LogP contribution in [0.3, 0.4) is 0 Å². The van der Waals surface area contributed by atoms with E-state index >= 15 is 0 Å². The van der Waals surface area contributed by atoms with E-state index in [1.54, 1.807) is 0 Å². The molecule has 6 rings (SSSR count). The second kappa shape index (κ2) is 6.45. The van der Waals surface area contributed by atoms with Crippen LogP contribution < -0.4 is 0 Å². The van der Waals surface area contributed by atoms with E-state index in [1.165, 1.54) is 49.4 Å². The van der Waals surface area contributed by atoms with Crippen LogP contribution in [-0.2, 0) is 5.41 Å². The molecule has 32 heavy (non-hydrogen) atoms. The number of nitrogens with zero attached hydrogens (tertiary/aromatic N) is 1.